The zero-order chi connectivity index (χ0) is 13.2. The first-order chi connectivity index (χ1) is 8.68. The summed E-state index contributed by atoms with van der Waals surface area (Å²) in [5.41, 5.74) is 1.09. The molecule has 5 nitrogen and oxygen atoms in total. The van der Waals surface area contributed by atoms with E-state index in [1.54, 1.807) is 0 Å². The molecule has 0 bridgehead atoms. The SMILES string of the molecule is CN(C)CCNC(=S)NCCSCc1cc[nH]n1. The minimum Gasteiger partial charge on any atom is -0.362 e. The van der Waals surface area contributed by atoms with Gasteiger partial charge in [0.2, 0.25) is 0 Å². The number of aromatic amines is 1. The van der Waals surface area contributed by atoms with E-state index in [0.717, 1.165) is 41.9 Å². The van der Waals surface area contributed by atoms with Crippen molar-refractivity contribution in [3.05, 3.63) is 18.0 Å². The molecule has 0 aromatic carbocycles. The second-order valence-corrected chi connectivity index (χ2v) is 5.62. The first-order valence-electron chi connectivity index (χ1n) is 5.91. The fourth-order valence-corrected chi connectivity index (χ4v) is 2.21. The third-order valence-corrected chi connectivity index (χ3v) is 3.47. The standard InChI is InChI=1S/C11H21N5S2/c1-16(2)7-5-12-11(17)13-6-8-18-9-10-3-4-14-15-10/h3-4H,5-9H2,1-2H3,(H,14,15)(H2,12,13,17). The summed E-state index contributed by atoms with van der Waals surface area (Å²) < 4.78 is 0. The van der Waals surface area contributed by atoms with Crippen molar-refractivity contribution in [3.8, 4) is 0 Å². The Kier molecular flexibility index (Phi) is 7.79. The van der Waals surface area contributed by atoms with Crippen molar-refractivity contribution >= 4 is 29.1 Å². The zero-order valence-electron chi connectivity index (χ0n) is 10.9. The quantitative estimate of drug-likeness (QED) is 0.483. The highest BCUT2D eigenvalue weighted by molar-refractivity contribution is 7.98. The minimum atomic E-state index is 0.734. The van der Waals surface area contributed by atoms with Gasteiger partial charge in [-0.25, -0.2) is 0 Å². The Morgan fingerprint density at radius 2 is 2.22 bits per heavy atom. The van der Waals surface area contributed by atoms with E-state index < -0.39 is 0 Å². The molecule has 1 heterocycles. The van der Waals surface area contributed by atoms with E-state index >= 15 is 0 Å². The van der Waals surface area contributed by atoms with Gasteiger partial charge >= 0.3 is 0 Å². The highest BCUT2D eigenvalue weighted by atomic mass is 32.2. The van der Waals surface area contributed by atoms with Gasteiger partial charge in [-0.2, -0.15) is 16.9 Å². The molecule has 0 radical (unpaired) electrons. The predicted octanol–water partition coefficient (Wildman–Crippen LogP) is 0.669. The fraction of sp³-hybridized carbons (Fsp3) is 0.636. The van der Waals surface area contributed by atoms with Crippen LogP contribution in [0.15, 0.2) is 12.3 Å². The summed E-state index contributed by atoms with van der Waals surface area (Å²) >= 11 is 7.01. The number of nitrogens with one attached hydrogen (secondary N) is 3. The van der Waals surface area contributed by atoms with Gasteiger partial charge in [0.05, 0.1) is 5.69 Å². The zero-order valence-corrected chi connectivity index (χ0v) is 12.5. The molecule has 0 aliphatic rings. The summed E-state index contributed by atoms with van der Waals surface area (Å²) in [6.45, 7) is 2.73. The Bertz CT molecular complexity index is 326. The monoisotopic (exact) mass is 287 g/mol. The van der Waals surface area contributed by atoms with Crippen LogP contribution in [-0.2, 0) is 5.75 Å². The molecule has 0 fully saturated rings. The molecule has 7 heteroatoms. The lowest BCUT2D eigenvalue weighted by Gasteiger charge is -2.13. The Hall–Kier alpha value is -0.790. The molecule has 0 aliphatic carbocycles. The second kappa shape index (κ2) is 9.18. The Labute approximate surface area is 118 Å². The van der Waals surface area contributed by atoms with E-state index in [4.69, 9.17) is 12.2 Å². The van der Waals surface area contributed by atoms with E-state index in [0.29, 0.717) is 0 Å². The summed E-state index contributed by atoms with van der Waals surface area (Å²) in [4.78, 5) is 2.12. The maximum absolute atomic E-state index is 5.17. The molecule has 0 spiro atoms. The Morgan fingerprint density at radius 3 is 2.89 bits per heavy atom. The molecule has 102 valence electrons. The van der Waals surface area contributed by atoms with Gasteiger partial charge < -0.3 is 15.5 Å². The van der Waals surface area contributed by atoms with Gasteiger partial charge in [-0.3, -0.25) is 5.10 Å². The summed E-state index contributed by atoms with van der Waals surface area (Å²) in [7, 11) is 4.09. The summed E-state index contributed by atoms with van der Waals surface area (Å²) in [6.07, 6.45) is 1.85. The number of thioether (sulfide) groups is 1. The first kappa shape index (κ1) is 15.3. The van der Waals surface area contributed by atoms with Crippen LogP contribution in [-0.4, -0.2) is 59.7 Å². The van der Waals surface area contributed by atoms with E-state index in [1.165, 1.54) is 0 Å². The van der Waals surface area contributed by atoms with Gasteiger partial charge in [-0.15, -0.1) is 0 Å². The fourth-order valence-electron chi connectivity index (χ4n) is 1.24. The summed E-state index contributed by atoms with van der Waals surface area (Å²) in [5.74, 6) is 1.95. The van der Waals surface area contributed by atoms with Gasteiger partial charge in [0.15, 0.2) is 5.11 Å². The molecule has 0 saturated heterocycles. The number of likely N-dealkylation sites (N-methyl/N-ethyl adjacent to an activating group) is 1. The topological polar surface area (TPSA) is 56.0 Å². The normalized spacial score (nSPS) is 10.6. The molecule has 0 atom stereocenters. The Morgan fingerprint density at radius 1 is 1.44 bits per heavy atom. The molecule has 0 aliphatic heterocycles. The van der Waals surface area contributed by atoms with Crippen LogP contribution in [0.2, 0.25) is 0 Å². The molecule has 0 saturated carbocycles. The highest BCUT2D eigenvalue weighted by Gasteiger charge is 1.97. The van der Waals surface area contributed by atoms with Crippen LogP contribution < -0.4 is 10.6 Å². The lowest BCUT2D eigenvalue weighted by Crippen LogP contribution is -2.39. The van der Waals surface area contributed by atoms with Gasteiger partial charge in [-0.1, -0.05) is 0 Å². The number of thiocarbonyl (C=S) groups is 1. The molecule has 0 unspecified atom stereocenters. The van der Waals surface area contributed by atoms with Gasteiger partial charge in [-0.05, 0) is 32.4 Å². The smallest absolute Gasteiger partial charge is 0.166 e. The van der Waals surface area contributed by atoms with Crippen molar-refractivity contribution in [2.75, 3.05) is 39.5 Å². The maximum atomic E-state index is 5.17. The van der Waals surface area contributed by atoms with E-state index in [9.17, 15) is 0 Å². The average Bonchev–Trinajstić information content (AvgIpc) is 2.81. The number of hydrogen-bond acceptors (Lipinski definition) is 4. The van der Waals surface area contributed by atoms with Crippen LogP contribution in [0.1, 0.15) is 5.69 Å². The van der Waals surface area contributed by atoms with Crippen LogP contribution in [0.3, 0.4) is 0 Å². The molecule has 1 aromatic rings. The first-order valence-corrected chi connectivity index (χ1v) is 7.47. The average molecular weight is 287 g/mol. The van der Waals surface area contributed by atoms with Crippen LogP contribution in [0.25, 0.3) is 0 Å². The van der Waals surface area contributed by atoms with Crippen LogP contribution in [0.4, 0.5) is 0 Å². The largest absolute Gasteiger partial charge is 0.362 e. The molecule has 1 rings (SSSR count). The number of nitrogens with zero attached hydrogens (tertiary/aromatic N) is 2. The van der Waals surface area contributed by atoms with Crippen molar-refractivity contribution in [1.29, 1.82) is 0 Å². The maximum Gasteiger partial charge on any atom is 0.166 e. The molecular formula is C11H21N5S2. The van der Waals surface area contributed by atoms with Crippen molar-refractivity contribution in [3.63, 3.8) is 0 Å². The van der Waals surface area contributed by atoms with Crippen LogP contribution >= 0.6 is 24.0 Å². The summed E-state index contributed by atoms with van der Waals surface area (Å²) in [6, 6.07) is 1.99. The predicted molar refractivity (Wildman–Crippen MR) is 81.9 cm³/mol. The second-order valence-electron chi connectivity index (χ2n) is 4.10. The third-order valence-electron chi connectivity index (χ3n) is 2.18. The molecule has 18 heavy (non-hydrogen) atoms. The Balaban J connectivity index is 1.92. The number of aromatic nitrogens is 2. The third kappa shape index (κ3) is 7.52. The van der Waals surface area contributed by atoms with E-state index in [1.807, 2.05) is 38.1 Å². The van der Waals surface area contributed by atoms with Crippen molar-refractivity contribution < 1.29 is 0 Å². The van der Waals surface area contributed by atoms with Crippen LogP contribution in [0.5, 0.6) is 0 Å². The summed E-state index contributed by atoms with van der Waals surface area (Å²) in [5, 5.41) is 14.0. The highest BCUT2D eigenvalue weighted by Crippen LogP contribution is 2.07. The van der Waals surface area contributed by atoms with Gasteiger partial charge in [0.25, 0.3) is 0 Å². The molecule has 0 amide bonds. The molecule has 1 aromatic heterocycles. The van der Waals surface area contributed by atoms with E-state index in [2.05, 4.69) is 25.7 Å². The van der Waals surface area contributed by atoms with Crippen molar-refractivity contribution in [2.24, 2.45) is 0 Å². The van der Waals surface area contributed by atoms with Gasteiger partial charge in [0.1, 0.15) is 0 Å². The van der Waals surface area contributed by atoms with Gasteiger partial charge in [0, 0.05) is 37.3 Å². The lowest BCUT2D eigenvalue weighted by atomic mass is 10.5. The number of rotatable bonds is 8. The molecule has 3 N–H and O–H groups in total. The lowest BCUT2D eigenvalue weighted by molar-refractivity contribution is 0.412. The van der Waals surface area contributed by atoms with Crippen molar-refractivity contribution in [2.45, 2.75) is 5.75 Å². The van der Waals surface area contributed by atoms with Crippen LogP contribution in [0, 0.1) is 0 Å². The van der Waals surface area contributed by atoms with Crippen molar-refractivity contribution in [1.82, 2.24) is 25.7 Å². The minimum absolute atomic E-state index is 0.734. The number of hydrogen-bond donors (Lipinski definition) is 3. The molecular weight excluding hydrogens is 266 g/mol. The number of H-pyrrole nitrogens is 1. The van der Waals surface area contributed by atoms with E-state index in [-0.39, 0.29) is 0 Å².